The lowest BCUT2D eigenvalue weighted by Gasteiger charge is -2.51. The van der Waals surface area contributed by atoms with E-state index in [1.165, 1.54) is 83.5 Å². The van der Waals surface area contributed by atoms with Gasteiger partial charge in [-0.1, -0.05) is 72.6 Å². The Balaban J connectivity index is 1.64. The first-order valence-electron chi connectivity index (χ1n) is 15.7. The average Bonchev–Trinajstić information content (AvgIpc) is 2.85. The minimum absolute atomic E-state index is 0.00319. The fourth-order valence-electron chi connectivity index (χ4n) is 9.16. The number of unbranched alkanes of at least 4 members (excludes halogenated alkanes) is 1. The van der Waals surface area contributed by atoms with Gasteiger partial charge in [0.15, 0.2) is 0 Å². The van der Waals surface area contributed by atoms with E-state index in [-0.39, 0.29) is 5.41 Å². The summed E-state index contributed by atoms with van der Waals surface area (Å²) in [7, 11) is 0. The molecule has 0 aromatic carbocycles. The number of hydrogen-bond donors (Lipinski definition) is 1. The molecule has 0 aromatic heterocycles. The second-order valence-electron chi connectivity index (χ2n) is 13.2. The van der Waals surface area contributed by atoms with Crippen molar-refractivity contribution in [2.75, 3.05) is 0 Å². The molecular weight excluding hydrogens is 435 g/mol. The van der Waals surface area contributed by atoms with Crippen LogP contribution in [0.15, 0.2) is 0 Å². The van der Waals surface area contributed by atoms with Crippen LogP contribution in [0, 0.1) is 46.8 Å². The first-order chi connectivity index (χ1) is 16.8. The number of rotatable bonds is 12. The summed E-state index contributed by atoms with van der Waals surface area (Å²) in [6.07, 6.45) is 20.7. The van der Waals surface area contributed by atoms with Crippen LogP contribution in [-0.2, 0) is 4.79 Å². The monoisotopic (exact) mass is 492 g/mol. The summed E-state index contributed by atoms with van der Waals surface area (Å²) >= 11 is 0. The third-order valence-corrected chi connectivity index (χ3v) is 11.2. The second-order valence-corrected chi connectivity index (χ2v) is 13.2. The smallest absolute Gasteiger partial charge is 0.309 e. The van der Waals surface area contributed by atoms with Crippen molar-refractivity contribution in [1.82, 2.24) is 0 Å². The van der Waals surface area contributed by atoms with E-state index in [2.05, 4.69) is 27.7 Å². The largest absolute Gasteiger partial charge is 0.481 e. The second kappa shape index (κ2) is 13.8. The van der Waals surface area contributed by atoms with Gasteiger partial charge in [-0.05, 0) is 112 Å². The normalized spacial score (nSPS) is 38.1. The maximum absolute atomic E-state index is 15.3. The van der Waals surface area contributed by atoms with Gasteiger partial charge in [0.1, 0.15) is 6.17 Å². The van der Waals surface area contributed by atoms with Crippen LogP contribution in [0.4, 0.5) is 4.39 Å². The third kappa shape index (κ3) is 7.25. The Labute approximate surface area is 216 Å². The summed E-state index contributed by atoms with van der Waals surface area (Å²) in [5.74, 6) is 3.14. The standard InChI is InChI=1S/C32H57FO2/c1-5-8-10-29(32(20-7-3)21-19-28(31(34)35)30(33)22-32)23(4)25-15-17-27(18-16-25)26-13-11-24(9-6-2)12-14-26/h23-30H,5-22H2,1-4H3,(H,34,35). The summed E-state index contributed by atoms with van der Waals surface area (Å²) in [6.45, 7) is 9.34. The molecule has 3 aliphatic rings. The Kier molecular flexibility index (Phi) is 11.4. The highest BCUT2D eigenvalue weighted by Crippen LogP contribution is 2.55. The molecule has 0 saturated heterocycles. The maximum atomic E-state index is 15.3. The minimum Gasteiger partial charge on any atom is -0.481 e. The van der Waals surface area contributed by atoms with Crippen molar-refractivity contribution in [2.24, 2.45) is 46.8 Å². The molecule has 3 rings (SSSR count). The Bertz CT molecular complexity index is 619. The molecule has 0 spiro atoms. The van der Waals surface area contributed by atoms with Gasteiger partial charge in [-0.15, -0.1) is 0 Å². The van der Waals surface area contributed by atoms with Gasteiger partial charge in [-0.3, -0.25) is 4.79 Å². The number of carbonyl (C=O) groups is 1. The van der Waals surface area contributed by atoms with Gasteiger partial charge in [0.05, 0.1) is 5.92 Å². The molecule has 3 heteroatoms. The summed E-state index contributed by atoms with van der Waals surface area (Å²) in [5, 5.41) is 9.54. The maximum Gasteiger partial charge on any atom is 0.309 e. The predicted molar refractivity (Wildman–Crippen MR) is 145 cm³/mol. The fourth-order valence-corrected chi connectivity index (χ4v) is 9.16. The SMILES string of the molecule is CCCCC(C(C)C1CCC(C2CCC(CCC)CC2)CC1)C1(CCC)CCC(C(=O)O)C(F)C1. The molecule has 0 aromatic rings. The molecule has 0 aliphatic heterocycles. The van der Waals surface area contributed by atoms with Crippen LogP contribution >= 0.6 is 0 Å². The highest BCUT2D eigenvalue weighted by molar-refractivity contribution is 5.70. The fraction of sp³-hybridized carbons (Fsp3) is 0.969. The lowest BCUT2D eigenvalue weighted by molar-refractivity contribution is -0.148. The van der Waals surface area contributed by atoms with E-state index < -0.39 is 18.1 Å². The summed E-state index contributed by atoms with van der Waals surface area (Å²) in [4.78, 5) is 11.6. The van der Waals surface area contributed by atoms with E-state index >= 15 is 4.39 Å². The molecule has 0 amide bonds. The Morgan fingerprint density at radius 1 is 0.914 bits per heavy atom. The molecule has 204 valence electrons. The number of hydrogen-bond acceptors (Lipinski definition) is 1. The molecule has 2 nitrogen and oxygen atoms in total. The van der Waals surface area contributed by atoms with Gasteiger partial charge in [0.25, 0.3) is 0 Å². The number of halogens is 1. The van der Waals surface area contributed by atoms with Crippen LogP contribution in [0.5, 0.6) is 0 Å². The quantitative estimate of drug-likeness (QED) is 0.294. The first-order valence-corrected chi connectivity index (χ1v) is 15.7. The van der Waals surface area contributed by atoms with Crippen LogP contribution in [0.1, 0.15) is 143 Å². The summed E-state index contributed by atoms with van der Waals surface area (Å²) in [5.41, 5.74) is 0.00319. The van der Waals surface area contributed by atoms with Crippen molar-refractivity contribution in [3.8, 4) is 0 Å². The topological polar surface area (TPSA) is 37.3 Å². The molecule has 0 bridgehead atoms. The van der Waals surface area contributed by atoms with Crippen LogP contribution in [0.2, 0.25) is 0 Å². The average molecular weight is 493 g/mol. The van der Waals surface area contributed by atoms with Gasteiger partial charge in [0.2, 0.25) is 0 Å². The minimum atomic E-state index is -1.18. The van der Waals surface area contributed by atoms with Crippen molar-refractivity contribution in [2.45, 2.75) is 149 Å². The number of carboxylic acid groups (broad SMARTS) is 1. The third-order valence-electron chi connectivity index (χ3n) is 11.2. The molecular formula is C32H57FO2. The summed E-state index contributed by atoms with van der Waals surface area (Å²) < 4.78 is 15.3. The van der Waals surface area contributed by atoms with Gasteiger partial charge < -0.3 is 5.11 Å². The highest BCUT2D eigenvalue weighted by Gasteiger charge is 2.49. The molecule has 0 radical (unpaired) electrons. The first kappa shape index (κ1) is 29.0. The van der Waals surface area contributed by atoms with Crippen LogP contribution in [0.3, 0.4) is 0 Å². The predicted octanol–water partition coefficient (Wildman–Crippen LogP) is 9.85. The van der Waals surface area contributed by atoms with Crippen LogP contribution in [-0.4, -0.2) is 17.2 Å². The van der Waals surface area contributed by atoms with Gasteiger partial charge >= 0.3 is 5.97 Å². The number of aliphatic carboxylic acids is 1. The highest BCUT2D eigenvalue weighted by atomic mass is 19.1. The van der Waals surface area contributed by atoms with E-state index in [4.69, 9.17) is 0 Å². The van der Waals surface area contributed by atoms with Crippen LogP contribution < -0.4 is 0 Å². The zero-order valence-electron chi connectivity index (χ0n) is 23.6. The van der Waals surface area contributed by atoms with E-state index in [1.807, 2.05) is 0 Å². The van der Waals surface area contributed by atoms with Gasteiger partial charge in [-0.2, -0.15) is 0 Å². The molecule has 1 N–H and O–H groups in total. The van der Waals surface area contributed by atoms with E-state index in [0.717, 1.165) is 42.9 Å². The number of alkyl halides is 1. The summed E-state index contributed by atoms with van der Waals surface area (Å²) in [6, 6.07) is 0. The van der Waals surface area contributed by atoms with Crippen molar-refractivity contribution in [3.05, 3.63) is 0 Å². The van der Waals surface area contributed by atoms with Crippen molar-refractivity contribution >= 4 is 5.97 Å². The van der Waals surface area contributed by atoms with Gasteiger partial charge in [0, 0.05) is 0 Å². The zero-order valence-corrected chi connectivity index (χ0v) is 23.6. The lowest BCUT2D eigenvalue weighted by atomic mass is 9.54. The van der Waals surface area contributed by atoms with Crippen molar-refractivity contribution in [1.29, 1.82) is 0 Å². The molecule has 3 aliphatic carbocycles. The Morgan fingerprint density at radius 3 is 2.06 bits per heavy atom. The van der Waals surface area contributed by atoms with E-state index in [1.54, 1.807) is 0 Å². The van der Waals surface area contributed by atoms with Crippen molar-refractivity contribution < 1.29 is 14.3 Å². The van der Waals surface area contributed by atoms with Crippen molar-refractivity contribution in [3.63, 3.8) is 0 Å². The molecule has 3 fully saturated rings. The van der Waals surface area contributed by atoms with Gasteiger partial charge in [-0.25, -0.2) is 4.39 Å². The Morgan fingerprint density at radius 2 is 1.54 bits per heavy atom. The lowest BCUT2D eigenvalue weighted by Crippen LogP contribution is -2.46. The molecule has 0 heterocycles. The number of carboxylic acids is 1. The molecule has 35 heavy (non-hydrogen) atoms. The molecule has 5 unspecified atom stereocenters. The van der Waals surface area contributed by atoms with E-state index in [0.29, 0.717) is 24.7 Å². The Hall–Kier alpha value is -0.600. The molecule has 3 saturated carbocycles. The molecule has 5 atom stereocenters. The van der Waals surface area contributed by atoms with E-state index in [9.17, 15) is 9.90 Å². The van der Waals surface area contributed by atoms with Crippen LogP contribution in [0.25, 0.3) is 0 Å². The zero-order chi connectivity index (χ0) is 25.4.